The van der Waals surface area contributed by atoms with Crippen molar-refractivity contribution in [3.8, 4) is 0 Å². The number of halogens is 1. The lowest BCUT2D eigenvalue weighted by Gasteiger charge is -2.31. The van der Waals surface area contributed by atoms with Gasteiger partial charge in [-0.25, -0.2) is 4.90 Å². The number of aryl methyl sites for hydroxylation is 2. The van der Waals surface area contributed by atoms with Crippen molar-refractivity contribution in [1.82, 2.24) is 10.2 Å². The Balaban J connectivity index is 0.00000256. The number of imide groups is 1. The molecular weight excluding hydrogens is 402 g/mol. The third-order valence-electron chi connectivity index (χ3n) is 5.93. The van der Waals surface area contributed by atoms with Crippen molar-refractivity contribution in [3.63, 3.8) is 0 Å². The average molecular weight is 428 g/mol. The van der Waals surface area contributed by atoms with Crippen molar-refractivity contribution in [2.24, 2.45) is 0 Å². The number of rotatable bonds is 3. The van der Waals surface area contributed by atoms with E-state index in [0.29, 0.717) is 41.5 Å². The van der Waals surface area contributed by atoms with Crippen LogP contribution in [-0.4, -0.2) is 48.8 Å². The molecule has 0 atom stereocenters. The zero-order chi connectivity index (χ0) is 20.7. The van der Waals surface area contributed by atoms with Gasteiger partial charge < -0.3 is 10.2 Å². The second kappa shape index (κ2) is 8.58. The smallest absolute Gasteiger partial charge is 0.266 e. The lowest BCUT2D eigenvalue weighted by molar-refractivity contribution is 0.0707. The lowest BCUT2D eigenvalue weighted by Crippen LogP contribution is -2.44. The minimum atomic E-state index is -0.373. The first-order chi connectivity index (χ1) is 13.9. The van der Waals surface area contributed by atoms with E-state index in [1.165, 1.54) is 4.90 Å². The molecule has 0 bridgehead atoms. The summed E-state index contributed by atoms with van der Waals surface area (Å²) in [5, 5.41) is 3.25. The van der Waals surface area contributed by atoms with Crippen LogP contribution < -0.4 is 10.2 Å². The van der Waals surface area contributed by atoms with E-state index in [2.05, 4.69) is 5.32 Å². The van der Waals surface area contributed by atoms with Crippen LogP contribution >= 0.6 is 12.4 Å². The van der Waals surface area contributed by atoms with E-state index in [1.54, 1.807) is 18.2 Å². The van der Waals surface area contributed by atoms with Crippen molar-refractivity contribution < 1.29 is 14.4 Å². The molecule has 0 radical (unpaired) electrons. The normalized spacial score (nSPS) is 16.5. The fourth-order valence-corrected chi connectivity index (χ4v) is 4.11. The SMILES string of the molecule is CNC1CCN(C(=O)c2ccc3c(c2)C(=O)N(c2cc(C)ccc2C)C3=O)CC1.Cl. The maximum Gasteiger partial charge on any atom is 0.266 e. The minimum absolute atomic E-state index is 0. The Kier molecular flexibility index (Phi) is 6.29. The second-order valence-electron chi connectivity index (χ2n) is 7.85. The first kappa shape index (κ1) is 22.0. The van der Waals surface area contributed by atoms with E-state index in [9.17, 15) is 14.4 Å². The summed E-state index contributed by atoms with van der Waals surface area (Å²) in [5.74, 6) is -0.803. The molecule has 2 heterocycles. The summed E-state index contributed by atoms with van der Waals surface area (Å²) in [7, 11) is 1.94. The maximum absolute atomic E-state index is 13.1. The molecule has 0 aliphatic carbocycles. The average Bonchev–Trinajstić information content (AvgIpc) is 2.99. The third kappa shape index (κ3) is 3.73. The molecule has 2 aromatic carbocycles. The van der Waals surface area contributed by atoms with Gasteiger partial charge in [0.15, 0.2) is 0 Å². The summed E-state index contributed by atoms with van der Waals surface area (Å²) in [5.41, 5.74) is 3.53. The van der Waals surface area contributed by atoms with Gasteiger partial charge in [0.05, 0.1) is 16.8 Å². The predicted octanol–water partition coefficient (Wildman–Crippen LogP) is 3.35. The molecule has 6 nitrogen and oxygen atoms in total. The van der Waals surface area contributed by atoms with Crippen LogP contribution in [0.1, 0.15) is 55.0 Å². The van der Waals surface area contributed by atoms with E-state index in [0.717, 1.165) is 24.0 Å². The second-order valence-corrected chi connectivity index (χ2v) is 7.85. The van der Waals surface area contributed by atoms with Gasteiger partial charge in [0.2, 0.25) is 0 Å². The fraction of sp³-hybridized carbons (Fsp3) is 0.348. The largest absolute Gasteiger partial charge is 0.339 e. The minimum Gasteiger partial charge on any atom is -0.339 e. The highest BCUT2D eigenvalue weighted by Crippen LogP contribution is 2.32. The van der Waals surface area contributed by atoms with Gasteiger partial charge in [0.25, 0.3) is 17.7 Å². The van der Waals surface area contributed by atoms with Crippen LogP contribution in [0, 0.1) is 13.8 Å². The fourth-order valence-electron chi connectivity index (χ4n) is 4.11. The number of hydrogen-bond donors (Lipinski definition) is 1. The molecule has 1 fully saturated rings. The number of anilines is 1. The summed E-state index contributed by atoms with van der Waals surface area (Å²) >= 11 is 0. The molecule has 0 spiro atoms. The first-order valence-corrected chi connectivity index (χ1v) is 9.97. The van der Waals surface area contributed by atoms with Crippen molar-refractivity contribution >= 4 is 35.8 Å². The Hall–Kier alpha value is -2.70. The van der Waals surface area contributed by atoms with Gasteiger partial charge in [-0.1, -0.05) is 12.1 Å². The van der Waals surface area contributed by atoms with Gasteiger partial charge in [-0.2, -0.15) is 0 Å². The summed E-state index contributed by atoms with van der Waals surface area (Å²) in [4.78, 5) is 42.0. The summed E-state index contributed by atoms with van der Waals surface area (Å²) in [6.07, 6.45) is 1.82. The molecule has 4 rings (SSSR count). The Morgan fingerprint density at radius 2 is 1.63 bits per heavy atom. The van der Waals surface area contributed by atoms with Gasteiger partial charge in [0, 0.05) is 24.7 Å². The standard InChI is InChI=1S/C23H25N3O3.ClH/c1-14-4-5-15(2)20(12-14)26-22(28)18-7-6-16(13-19(18)23(26)29)21(27)25-10-8-17(24-3)9-11-25;/h4-7,12-13,17,24H,8-11H2,1-3H3;1H. The first-order valence-electron chi connectivity index (χ1n) is 9.97. The van der Waals surface area contributed by atoms with Crippen LogP contribution in [0.2, 0.25) is 0 Å². The highest BCUT2D eigenvalue weighted by Gasteiger charge is 2.38. The molecule has 0 unspecified atom stereocenters. The number of nitrogens with zero attached hydrogens (tertiary/aromatic N) is 2. The van der Waals surface area contributed by atoms with Crippen LogP contribution in [0.5, 0.6) is 0 Å². The summed E-state index contributed by atoms with van der Waals surface area (Å²) < 4.78 is 0. The number of nitrogens with one attached hydrogen (secondary N) is 1. The quantitative estimate of drug-likeness (QED) is 0.762. The van der Waals surface area contributed by atoms with E-state index in [-0.39, 0.29) is 30.1 Å². The topological polar surface area (TPSA) is 69.7 Å². The molecule has 158 valence electrons. The van der Waals surface area contributed by atoms with Crippen LogP contribution in [0.25, 0.3) is 0 Å². The van der Waals surface area contributed by atoms with Gasteiger partial charge in [-0.05, 0) is 69.1 Å². The van der Waals surface area contributed by atoms with Crippen LogP contribution in [-0.2, 0) is 0 Å². The third-order valence-corrected chi connectivity index (χ3v) is 5.93. The van der Waals surface area contributed by atoms with Crippen molar-refractivity contribution in [1.29, 1.82) is 0 Å². The van der Waals surface area contributed by atoms with E-state index in [1.807, 2.05) is 44.0 Å². The molecule has 0 saturated carbocycles. The van der Waals surface area contributed by atoms with Crippen LogP contribution in [0.4, 0.5) is 5.69 Å². The van der Waals surface area contributed by atoms with E-state index in [4.69, 9.17) is 0 Å². The molecule has 2 aromatic rings. The number of amides is 3. The maximum atomic E-state index is 13.1. The highest BCUT2D eigenvalue weighted by atomic mass is 35.5. The van der Waals surface area contributed by atoms with Crippen molar-refractivity contribution in [2.75, 3.05) is 25.0 Å². The molecular formula is C23H26ClN3O3. The van der Waals surface area contributed by atoms with Gasteiger partial charge in [-0.3, -0.25) is 14.4 Å². The number of hydrogen-bond acceptors (Lipinski definition) is 4. The van der Waals surface area contributed by atoms with Gasteiger partial charge >= 0.3 is 0 Å². The zero-order valence-electron chi connectivity index (χ0n) is 17.4. The van der Waals surface area contributed by atoms with E-state index < -0.39 is 0 Å². The Bertz CT molecular complexity index is 1010. The van der Waals surface area contributed by atoms with Crippen LogP contribution in [0.3, 0.4) is 0 Å². The monoisotopic (exact) mass is 427 g/mol. The van der Waals surface area contributed by atoms with Crippen LogP contribution in [0.15, 0.2) is 36.4 Å². The molecule has 7 heteroatoms. The number of piperidine rings is 1. The number of benzene rings is 2. The Morgan fingerprint density at radius 3 is 2.30 bits per heavy atom. The van der Waals surface area contributed by atoms with Crippen molar-refractivity contribution in [2.45, 2.75) is 32.7 Å². The Labute approximate surface area is 182 Å². The lowest BCUT2D eigenvalue weighted by atomic mass is 10.0. The summed E-state index contributed by atoms with van der Waals surface area (Å²) in [6, 6.07) is 11.0. The Morgan fingerprint density at radius 1 is 0.967 bits per heavy atom. The molecule has 2 aliphatic heterocycles. The van der Waals surface area contributed by atoms with E-state index >= 15 is 0 Å². The van der Waals surface area contributed by atoms with Gasteiger partial charge in [0.1, 0.15) is 0 Å². The highest BCUT2D eigenvalue weighted by molar-refractivity contribution is 6.35. The predicted molar refractivity (Wildman–Crippen MR) is 119 cm³/mol. The molecule has 2 aliphatic rings. The molecule has 1 N–H and O–H groups in total. The molecule has 3 amide bonds. The molecule has 30 heavy (non-hydrogen) atoms. The van der Waals surface area contributed by atoms with Crippen molar-refractivity contribution in [3.05, 3.63) is 64.2 Å². The number of carbonyl (C=O) groups is 3. The molecule has 0 aromatic heterocycles. The molecule has 1 saturated heterocycles. The van der Waals surface area contributed by atoms with Gasteiger partial charge in [-0.15, -0.1) is 12.4 Å². The summed E-state index contributed by atoms with van der Waals surface area (Å²) in [6.45, 7) is 5.17. The number of fused-ring (bicyclic) bond motifs is 1. The number of likely N-dealkylation sites (tertiary alicyclic amines) is 1. The number of carbonyl (C=O) groups excluding carboxylic acids is 3. The zero-order valence-corrected chi connectivity index (χ0v) is 18.2.